The van der Waals surface area contributed by atoms with Crippen LogP contribution >= 0.6 is 11.8 Å². The monoisotopic (exact) mass is 308 g/mol. The summed E-state index contributed by atoms with van der Waals surface area (Å²) in [6, 6.07) is 5.06. The van der Waals surface area contributed by atoms with E-state index >= 15 is 0 Å². The lowest BCUT2D eigenvalue weighted by molar-refractivity contribution is -0.132. The number of hydrogen-bond donors (Lipinski definition) is 1. The van der Waals surface area contributed by atoms with Gasteiger partial charge < -0.3 is 10.2 Å². The highest BCUT2D eigenvalue weighted by molar-refractivity contribution is 7.99. The minimum absolute atomic E-state index is 0.153. The molecule has 1 heterocycles. The Balaban J connectivity index is 2.05. The Hall–Kier alpha value is -1.82. The maximum Gasteiger partial charge on any atom is 0.248 e. The molecule has 1 fully saturated rings. The molecule has 1 saturated heterocycles. The molecular formula is C15H17FN2O2S. The molecule has 1 unspecified atom stereocenters. The van der Waals surface area contributed by atoms with E-state index < -0.39 is 6.04 Å². The highest BCUT2D eigenvalue weighted by Gasteiger charge is 2.33. The highest BCUT2D eigenvalue weighted by atomic mass is 32.2. The topological polar surface area (TPSA) is 49.4 Å². The third-order valence-corrected chi connectivity index (χ3v) is 4.00. The fourth-order valence-corrected chi connectivity index (χ4v) is 3.13. The number of nitrogens with zero attached hydrogens (tertiary/aromatic N) is 1. The number of hydrogen-bond acceptors (Lipinski definition) is 3. The second-order valence-corrected chi connectivity index (χ2v) is 6.04. The molecule has 0 aliphatic carbocycles. The van der Waals surface area contributed by atoms with E-state index in [4.69, 9.17) is 0 Å². The lowest BCUT2D eigenvalue weighted by Crippen LogP contribution is -2.44. The summed E-state index contributed by atoms with van der Waals surface area (Å²) in [4.78, 5) is 25.9. The van der Waals surface area contributed by atoms with Crippen LogP contribution in [-0.2, 0) is 9.59 Å². The number of amides is 2. The summed E-state index contributed by atoms with van der Waals surface area (Å²) in [5, 5.41) is 2.72. The molecule has 0 saturated carbocycles. The number of thioether (sulfide) groups is 1. The predicted molar refractivity (Wildman–Crippen MR) is 82.4 cm³/mol. The van der Waals surface area contributed by atoms with Gasteiger partial charge in [-0.2, -0.15) is 0 Å². The number of carbonyl (C=O) groups excluding carboxylic acids is 2. The fraction of sp³-hybridized carbons (Fsp3) is 0.333. The zero-order valence-corrected chi connectivity index (χ0v) is 12.7. The van der Waals surface area contributed by atoms with Crippen LogP contribution in [0.15, 0.2) is 35.9 Å². The highest BCUT2D eigenvalue weighted by Crippen LogP contribution is 2.23. The van der Waals surface area contributed by atoms with Gasteiger partial charge in [0.1, 0.15) is 11.9 Å². The fourth-order valence-electron chi connectivity index (χ4n) is 1.97. The largest absolute Gasteiger partial charge is 0.324 e. The third-order valence-electron chi connectivity index (χ3n) is 2.99. The van der Waals surface area contributed by atoms with Crippen molar-refractivity contribution in [1.29, 1.82) is 0 Å². The number of anilines is 1. The van der Waals surface area contributed by atoms with E-state index in [1.807, 2.05) is 13.8 Å². The van der Waals surface area contributed by atoms with Crippen LogP contribution in [0.5, 0.6) is 0 Å². The Kier molecular flexibility index (Phi) is 5.01. The smallest absolute Gasteiger partial charge is 0.248 e. The summed E-state index contributed by atoms with van der Waals surface area (Å²) in [6.45, 7) is 3.68. The zero-order chi connectivity index (χ0) is 15.4. The summed E-state index contributed by atoms with van der Waals surface area (Å²) in [5.74, 6) is 0.311. The molecule has 1 aromatic rings. The first-order valence-corrected chi connectivity index (χ1v) is 7.72. The molecule has 112 valence electrons. The Morgan fingerprint density at radius 1 is 1.33 bits per heavy atom. The Morgan fingerprint density at radius 2 is 2.00 bits per heavy atom. The molecule has 0 radical (unpaired) electrons. The summed E-state index contributed by atoms with van der Waals surface area (Å²) in [7, 11) is 0. The van der Waals surface area contributed by atoms with Crippen molar-refractivity contribution in [2.24, 2.45) is 0 Å². The van der Waals surface area contributed by atoms with Crippen LogP contribution in [0.2, 0.25) is 0 Å². The van der Waals surface area contributed by atoms with Gasteiger partial charge in [0.15, 0.2) is 0 Å². The summed E-state index contributed by atoms with van der Waals surface area (Å²) < 4.78 is 12.8. The lowest BCUT2D eigenvalue weighted by Gasteiger charge is -2.22. The standard InChI is InChI=1S/C15H17FN2O2S/c1-10(2)7-14(19)18-9-21-8-13(18)15(20)17-12-5-3-11(16)4-6-12/h3-7,13H,8-9H2,1-2H3,(H,17,20). The average Bonchev–Trinajstić information content (AvgIpc) is 2.90. The SMILES string of the molecule is CC(C)=CC(=O)N1CSCC1C(=O)Nc1ccc(F)cc1. The Labute approximate surface area is 127 Å². The first kappa shape index (κ1) is 15.6. The first-order chi connectivity index (χ1) is 9.97. The molecule has 0 spiro atoms. The van der Waals surface area contributed by atoms with E-state index in [1.165, 1.54) is 30.3 Å². The van der Waals surface area contributed by atoms with Gasteiger partial charge in [0, 0.05) is 17.5 Å². The van der Waals surface area contributed by atoms with E-state index in [2.05, 4.69) is 5.32 Å². The van der Waals surface area contributed by atoms with Crippen molar-refractivity contribution in [2.45, 2.75) is 19.9 Å². The maximum atomic E-state index is 12.8. The van der Waals surface area contributed by atoms with Gasteiger partial charge in [-0.25, -0.2) is 4.39 Å². The number of nitrogens with one attached hydrogen (secondary N) is 1. The molecule has 21 heavy (non-hydrogen) atoms. The molecule has 2 amide bonds. The van der Waals surface area contributed by atoms with Crippen molar-refractivity contribution < 1.29 is 14.0 Å². The van der Waals surface area contributed by atoms with Gasteiger partial charge in [0.25, 0.3) is 0 Å². The average molecular weight is 308 g/mol. The van der Waals surface area contributed by atoms with Crippen LogP contribution in [0.4, 0.5) is 10.1 Å². The molecule has 1 aromatic carbocycles. The van der Waals surface area contributed by atoms with Gasteiger partial charge in [-0.3, -0.25) is 9.59 Å². The number of halogens is 1. The summed E-state index contributed by atoms with van der Waals surface area (Å²) in [6.07, 6.45) is 1.53. The van der Waals surface area contributed by atoms with Gasteiger partial charge in [0.2, 0.25) is 11.8 Å². The van der Waals surface area contributed by atoms with Crippen LogP contribution in [0.1, 0.15) is 13.8 Å². The molecule has 0 aromatic heterocycles. The van der Waals surface area contributed by atoms with Gasteiger partial charge in [-0.1, -0.05) is 5.57 Å². The van der Waals surface area contributed by atoms with E-state index in [9.17, 15) is 14.0 Å². The second kappa shape index (κ2) is 6.76. The van der Waals surface area contributed by atoms with Crippen LogP contribution in [0, 0.1) is 5.82 Å². The van der Waals surface area contributed by atoms with Crippen molar-refractivity contribution in [3.05, 3.63) is 41.7 Å². The van der Waals surface area contributed by atoms with Crippen molar-refractivity contribution >= 4 is 29.3 Å². The van der Waals surface area contributed by atoms with E-state index in [0.717, 1.165) is 5.57 Å². The maximum absolute atomic E-state index is 12.8. The summed E-state index contributed by atoms with van der Waals surface area (Å²) >= 11 is 1.54. The molecule has 1 atom stereocenters. The molecule has 6 heteroatoms. The lowest BCUT2D eigenvalue weighted by atomic mass is 10.2. The van der Waals surface area contributed by atoms with Gasteiger partial charge >= 0.3 is 0 Å². The molecule has 0 bridgehead atoms. The number of benzene rings is 1. The molecule has 1 aliphatic rings. The summed E-state index contributed by atoms with van der Waals surface area (Å²) in [5.41, 5.74) is 1.42. The molecule has 1 aliphatic heterocycles. The van der Waals surface area contributed by atoms with Gasteiger partial charge in [-0.05, 0) is 38.1 Å². The molecular weight excluding hydrogens is 291 g/mol. The zero-order valence-electron chi connectivity index (χ0n) is 11.9. The van der Waals surface area contributed by atoms with Gasteiger partial charge in [-0.15, -0.1) is 11.8 Å². The van der Waals surface area contributed by atoms with Crippen molar-refractivity contribution in [1.82, 2.24) is 4.90 Å². The van der Waals surface area contributed by atoms with Crippen LogP contribution in [0.3, 0.4) is 0 Å². The van der Waals surface area contributed by atoms with Gasteiger partial charge in [0.05, 0.1) is 5.88 Å². The van der Waals surface area contributed by atoms with E-state index in [-0.39, 0.29) is 17.6 Å². The quantitative estimate of drug-likeness (QED) is 0.873. The molecule has 4 nitrogen and oxygen atoms in total. The van der Waals surface area contributed by atoms with E-state index in [1.54, 1.807) is 16.7 Å². The predicted octanol–water partition coefficient (Wildman–Crippen LogP) is 2.63. The minimum atomic E-state index is -0.497. The van der Waals surface area contributed by atoms with Crippen LogP contribution in [-0.4, -0.2) is 34.4 Å². The van der Waals surface area contributed by atoms with Crippen molar-refractivity contribution in [2.75, 3.05) is 16.9 Å². The number of rotatable bonds is 3. The second-order valence-electron chi connectivity index (χ2n) is 5.04. The normalized spacial score (nSPS) is 17.5. The Morgan fingerprint density at radius 3 is 2.62 bits per heavy atom. The minimum Gasteiger partial charge on any atom is -0.324 e. The molecule has 1 N–H and O–H groups in total. The Bertz CT molecular complexity index is 568. The van der Waals surface area contributed by atoms with E-state index in [0.29, 0.717) is 17.3 Å². The number of allylic oxidation sites excluding steroid dienone is 1. The third kappa shape index (κ3) is 4.07. The van der Waals surface area contributed by atoms with Crippen molar-refractivity contribution in [3.63, 3.8) is 0 Å². The van der Waals surface area contributed by atoms with Crippen LogP contribution < -0.4 is 5.32 Å². The van der Waals surface area contributed by atoms with Crippen LogP contribution in [0.25, 0.3) is 0 Å². The number of carbonyl (C=O) groups is 2. The first-order valence-electron chi connectivity index (χ1n) is 6.57. The molecule has 2 rings (SSSR count). The van der Waals surface area contributed by atoms with Crippen molar-refractivity contribution in [3.8, 4) is 0 Å².